The monoisotopic (exact) mass is 483 g/mol. The summed E-state index contributed by atoms with van der Waals surface area (Å²) in [5, 5.41) is 0.797. The van der Waals surface area contributed by atoms with Crippen molar-refractivity contribution in [2.24, 2.45) is 5.92 Å². The molecule has 0 aliphatic carbocycles. The van der Waals surface area contributed by atoms with Gasteiger partial charge in [0.25, 0.3) is 17.6 Å². The lowest BCUT2D eigenvalue weighted by atomic mass is 9.90. The molecular weight excluding hydrogens is 457 g/mol. The molecule has 1 aromatic heterocycles. The molecule has 0 spiro atoms. The van der Waals surface area contributed by atoms with Gasteiger partial charge in [0.15, 0.2) is 0 Å². The van der Waals surface area contributed by atoms with Crippen molar-refractivity contribution in [3.63, 3.8) is 0 Å². The van der Waals surface area contributed by atoms with Gasteiger partial charge < -0.3 is 14.8 Å². The molecule has 1 fully saturated rings. The van der Waals surface area contributed by atoms with Crippen LogP contribution in [0.15, 0.2) is 42.6 Å². The number of fused-ring (bicyclic) bond motifs is 1. The highest BCUT2D eigenvalue weighted by Crippen LogP contribution is 2.29. The minimum Gasteiger partial charge on any atom is -0.360 e. The summed E-state index contributed by atoms with van der Waals surface area (Å²) in [6.07, 6.45) is 4.02. The molecule has 1 saturated heterocycles. The van der Waals surface area contributed by atoms with E-state index in [0.29, 0.717) is 47.0 Å². The lowest BCUT2D eigenvalue weighted by Crippen LogP contribution is -2.39. The Labute approximate surface area is 202 Å². The van der Waals surface area contributed by atoms with Crippen LogP contribution in [0.5, 0.6) is 0 Å². The smallest absolute Gasteiger partial charge is 0.294 e. The van der Waals surface area contributed by atoms with Crippen LogP contribution in [0.2, 0.25) is 5.02 Å². The van der Waals surface area contributed by atoms with Gasteiger partial charge in [-0.1, -0.05) is 23.7 Å². The zero-order chi connectivity index (χ0) is 24.4. The SMILES string of the molecule is CCN(C)C(=O)C(=O)c1c[nH]c2cc(Cl)c(C(=O)N3CCC(Cc4ccc(F)cc4)CC3)cc12. The third kappa shape index (κ3) is 4.85. The number of nitrogens with zero attached hydrogens (tertiary/aromatic N) is 2. The van der Waals surface area contributed by atoms with Crippen molar-refractivity contribution in [2.75, 3.05) is 26.7 Å². The molecule has 8 heteroatoms. The summed E-state index contributed by atoms with van der Waals surface area (Å²) >= 11 is 6.43. The number of rotatable bonds is 6. The van der Waals surface area contributed by atoms with Crippen LogP contribution < -0.4 is 0 Å². The first-order chi connectivity index (χ1) is 16.3. The minimum atomic E-state index is -0.627. The molecule has 0 bridgehead atoms. The van der Waals surface area contributed by atoms with Gasteiger partial charge in [-0.15, -0.1) is 0 Å². The topological polar surface area (TPSA) is 73.5 Å². The van der Waals surface area contributed by atoms with Gasteiger partial charge in [0.05, 0.1) is 16.1 Å². The summed E-state index contributed by atoms with van der Waals surface area (Å²) in [4.78, 5) is 44.5. The average Bonchev–Trinajstić information content (AvgIpc) is 3.26. The maximum atomic E-state index is 13.3. The van der Waals surface area contributed by atoms with Gasteiger partial charge in [0.1, 0.15) is 5.82 Å². The molecule has 3 aromatic rings. The molecule has 0 unspecified atom stereocenters. The molecule has 2 aromatic carbocycles. The number of nitrogens with one attached hydrogen (secondary N) is 1. The van der Waals surface area contributed by atoms with Gasteiger partial charge in [-0.05, 0) is 61.9 Å². The van der Waals surface area contributed by atoms with E-state index in [9.17, 15) is 18.8 Å². The fraction of sp³-hybridized carbons (Fsp3) is 0.346. The Kier molecular flexibility index (Phi) is 7.03. The lowest BCUT2D eigenvalue weighted by Gasteiger charge is -2.32. The predicted molar refractivity (Wildman–Crippen MR) is 130 cm³/mol. The van der Waals surface area contributed by atoms with E-state index >= 15 is 0 Å². The van der Waals surface area contributed by atoms with E-state index < -0.39 is 11.7 Å². The summed E-state index contributed by atoms with van der Waals surface area (Å²) in [6.45, 7) is 3.40. The number of halogens is 2. The van der Waals surface area contributed by atoms with Gasteiger partial charge >= 0.3 is 0 Å². The predicted octanol–water partition coefficient (Wildman–Crippen LogP) is 4.72. The fourth-order valence-corrected chi connectivity index (χ4v) is 4.64. The molecule has 2 amide bonds. The fourth-order valence-electron chi connectivity index (χ4n) is 4.39. The first-order valence-electron chi connectivity index (χ1n) is 11.4. The van der Waals surface area contributed by atoms with Crippen molar-refractivity contribution in [1.29, 1.82) is 0 Å². The lowest BCUT2D eigenvalue weighted by molar-refractivity contribution is -0.125. The summed E-state index contributed by atoms with van der Waals surface area (Å²) in [5.41, 5.74) is 2.22. The van der Waals surface area contributed by atoms with Crippen molar-refractivity contribution in [2.45, 2.75) is 26.2 Å². The van der Waals surface area contributed by atoms with Crippen LogP contribution in [0.25, 0.3) is 10.9 Å². The van der Waals surface area contributed by atoms with E-state index in [4.69, 9.17) is 11.6 Å². The number of Topliss-reactive ketones (excluding diaryl/α,β-unsaturated/α-hetero) is 1. The molecule has 0 radical (unpaired) electrons. The Bertz CT molecular complexity index is 1230. The Balaban J connectivity index is 1.49. The second-order valence-corrected chi connectivity index (χ2v) is 9.20. The number of likely N-dealkylation sites (tertiary alicyclic amines) is 1. The van der Waals surface area contributed by atoms with Crippen molar-refractivity contribution in [3.05, 3.63) is 70.1 Å². The van der Waals surface area contributed by atoms with E-state index in [0.717, 1.165) is 24.8 Å². The highest BCUT2D eigenvalue weighted by atomic mass is 35.5. The largest absolute Gasteiger partial charge is 0.360 e. The van der Waals surface area contributed by atoms with Crippen LogP contribution in [0.3, 0.4) is 0 Å². The van der Waals surface area contributed by atoms with E-state index in [1.54, 1.807) is 43.1 Å². The molecule has 1 N–H and O–H groups in total. The first kappa shape index (κ1) is 24.0. The van der Waals surface area contributed by atoms with Crippen LogP contribution >= 0.6 is 11.6 Å². The summed E-state index contributed by atoms with van der Waals surface area (Å²) in [7, 11) is 1.57. The number of aromatic nitrogens is 1. The number of H-pyrrole nitrogens is 1. The van der Waals surface area contributed by atoms with E-state index in [-0.39, 0.29) is 17.3 Å². The molecule has 2 heterocycles. The quantitative estimate of drug-likeness (QED) is 0.407. The number of carbonyl (C=O) groups is 3. The second kappa shape index (κ2) is 9.97. The van der Waals surface area contributed by atoms with Gasteiger partial charge in [0.2, 0.25) is 0 Å². The molecule has 178 valence electrons. The molecule has 0 atom stereocenters. The molecule has 4 rings (SSSR count). The number of aromatic amines is 1. The Morgan fingerprint density at radius 1 is 1.12 bits per heavy atom. The third-order valence-electron chi connectivity index (χ3n) is 6.60. The van der Waals surface area contributed by atoms with Crippen LogP contribution in [-0.2, 0) is 11.2 Å². The van der Waals surface area contributed by atoms with Crippen LogP contribution in [-0.4, -0.2) is 59.1 Å². The molecular formula is C26H27ClFN3O3. The molecule has 1 aliphatic rings. The Hall–Kier alpha value is -3.19. The summed E-state index contributed by atoms with van der Waals surface area (Å²) in [5.74, 6) is -1.24. The normalized spacial score (nSPS) is 14.4. The molecule has 6 nitrogen and oxygen atoms in total. The summed E-state index contributed by atoms with van der Waals surface area (Å²) < 4.78 is 13.1. The maximum Gasteiger partial charge on any atom is 0.294 e. The Morgan fingerprint density at radius 2 is 1.79 bits per heavy atom. The van der Waals surface area contributed by atoms with Crippen molar-refractivity contribution >= 4 is 40.1 Å². The van der Waals surface area contributed by atoms with Crippen LogP contribution in [0.1, 0.15) is 46.0 Å². The number of benzene rings is 2. The van der Waals surface area contributed by atoms with Gasteiger partial charge in [-0.3, -0.25) is 14.4 Å². The molecule has 0 saturated carbocycles. The second-order valence-electron chi connectivity index (χ2n) is 8.79. The van der Waals surface area contributed by atoms with Crippen molar-refractivity contribution in [1.82, 2.24) is 14.8 Å². The van der Waals surface area contributed by atoms with Gasteiger partial charge in [-0.2, -0.15) is 0 Å². The zero-order valence-electron chi connectivity index (χ0n) is 19.2. The van der Waals surface area contributed by atoms with Crippen molar-refractivity contribution in [3.8, 4) is 0 Å². The molecule has 34 heavy (non-hydrogen) atoms. The minimum absolute atomic E-state index is 0.191. The number of ketones is 1. The third-order valence-corrected chi connectivity index (χ3v) is 6.91. The van der Waals surface area contributed by atoms with Crippen molar-refractivity contribution < 1.29 is 18.8 Å². The van der Waals surface area contributed by atoms with E-state index in [1.807, 2.05) is 0 Å². The zero-order valence-corrected chi connectivity index (χ0v) is 20.0. The molecule has 1 aliphatic heterocycles. The van der Waals surface area contributed by atoms with Crippen LogP contribution in [0.4, 0.5) is 4.39 Å². The number of amides is 2. The van der Waals surface area contributed by atoms with Crippen LogP contribution in [0, 0.1) is 11.7 Å². The maximum absolute atomic E-state index is 13.3. The number of hydrogen-bond acceptors (Lipinski definition) is 3. The standard InChI is InChI=1S/C26H27ClFN3O3/c1-3-30(2)26(34)24(32)21-15-29-23-14-22(27)20(13-19(21)23)25(33)31-10-8-17(9-11-31)12-16-4-6-18(28)7-5-16/h4-7,13-15,17,29H,3,8-12H2,1-2H3. The van der Waals surface area contributed by atoms with Gasteiger partial charge in [-0.25, -0.2) is 4.39 Å². The number of carbonyl (C=O) groups excluding carboxylic acids is 3. The highest BCUT2D eigenvalue weighted by molar-refractivity contribution is 6.45. The average molecular weight is 484 g/mol. The number of hydrogen-bond donors (Lipinski definition) is 1. The first-order valence-corrected chi connectivity index (χ1v) is 11.8. The van der Waals surface area contributed by atoms with E-state index in [2.05, 4.69) is 4.98 Å². The summed E-state index contributed by atoms with van der Waals surface area (Å²) in [6, 6.07) is 9.78. The van der Waals surface area contributed by atoms with Gasteiger partial charge in [0, 0.05) is 43.8 Å². The highest BCUT2D eigenvalue weighted by Gasteiger charge is 2.27. The Morgan fingerprint density at radius 3 is 2.44 bits per heavy atom. The number of piperidine rings is 1. The number of likely N-dealkylation sites (N-methyl/N-ethyl adjacent to an activating group) is 1. The van der Waals surface area contributed by atoms with E-state index in [1.165, 1.54) is 23.2 Å².